The van der Waals surface area contributed by atoms with Gasteiger partial charge in [0, 0.05) is 25.7 Å². The Balaban J connectivity index is 5.13. The highest BCUT2D eigenvalue weighted by Crippen LogP contribution is 2.45. The van der Waals surface area contributed by atoms with Gasteiger partial charge in [-0.05, 0) is 49.4 Å². The zero-order chi connectivity index (χ0) is 64.7. The average Bonchev–Trinajstić information content (AvgIpc) is 3.55. The van der Waals surface area contributed by atoms with E-state index in [2.05, 4.69) is 55.4 Å². The molecule has 0 aliphatic heterocycles. The summed E-state index contributed by atoms with van der Waals surface area (Å²) in [6.07, 6.45) is 39.5. The summed E-state index contributed by atoms with van der Waals surface area (Å²) in [6, 6.07) is 0. The molecule has 0 heterocycles. The van der Waals surface area contributed by atoms with Crippen LogP contribution in [0.15, 0.2) is 0 Å². The zero-order valence-corrected chi connectivity index (χ0v) is 58.4. The van der Waals surface area contributed by atoms with Crippen LogP contribution in [0.5, 0.6) is 0 Å². The van der Waals surface area contributed by atoms with Crippen LogP contribution in [0.1, 0.15) is 331 Å². The van der Waals surface area contributed by atoms with E-state index in [1.165, 1.54) is 128 Å². The Kier molecular flexibility index (Phi) is 56.6. The number of phosphoric ester groups is 2. The van der Waals surface area contributed by atoms with Crippen molar-refractivity contribution in [1.29, 1.82) is 0 Å². The van der Waals surface area contributed by atoms with Crippen molar-refractivity contribution in [1.82, 2.24) is 0 Å². The summed E-state index contributed by atoms with van der Waals surface area (Å²) in [5.74, 6) is 0.716. The predicted molar refractivity (Wildman–Crippen MR) is 349 cm³/mol. The van der Waals surface area contributed by atoms with E-state index in [9.17, 15) is 43.2 Å². The summed E-state index contributed by atoms with van der Waals surface area (Å²) in [5, 5.41) is 10.5. The second-order valence-electron chi connectivity index (χ2n) is 26.5. The van der Waals surface area contributed by atoms with Gasteiger partial charge in [-0.25, -0.2) is 9.13 Å². The lowest BCUT2D eigenvalue weighted by atomic mass is 10.0. The van der Waals surface area contributed by atoms with Crippen LogP contribution in [0.3, 0.4) is 0 Å². The number of rotatable bonds is 65. The summed E-state index contributed by atoms with van der Waals surface area (Å²) in [4.78, 5) is 72.3. The smallest absolute Gasteiger partial charge is 0.462 e. The van der Waals surface area contributed by atoms with E-state index in [0.717, 1.165) is 102 Å². The maximum Gasteiger partial charge on any atom is 0.472 e. The molecule has 0 amide bonds. The predicted octanol–water partition coefficient (Wildman–Crippen LogP) is 18.9. The Morgan fingerprint density at radius 2 is 0.483 bits per heavy atom. The molecule has 0 aromatic rings. The number of hydrogen-bond donors (Lipinski definition) is 3. The molecule has 0 aliphatic carbocycles. The lowest BCUT2D eigenvalue weighted by Gasteiger charge is -2.21. The van der Waals surface area contributed by atoms with Crippen LogP contribution in [0.2, 0.25) is 0 Å². The first kappa shape index (κ1) is 85.1. The highest BCUT2D eigenvalue weighted by molar-refractivity contribution is 7.47. The Morgan fingerprint density at radius 3 is 0.713 bits per heavy atom. The van der Waals surface area contributed by atoms with E-state index in [1.54, 1.807) is 0 Å². The minimum absolute atomic E-state index is 0.102. The van der Waals surface area contributed by atoms with E-state index in [1.807, 2.05) is 0 Å². The second-order valence-corrected chi connectivity index (χ2v) is 29.4. The van der Waals surface area contributed by atoms with Gasteiger partial charge >= 0.3 is 39.5 Å². The van der Waals surface area contributed by atoms with Crippen LogP contribution in [-0.4, -0.2) is 96.7 Å². The van der Waals surface area contributed by atoms with Crippen molar-refractivity contribution in [2.45, 2.75) is 350 Å². The van der Waals surface area contributed by atoms with Crippen molar-refractivity contribution in [3.05, 3.63) is 0 Å². The van der Waals surface area contributed by atoms with Gasteiger partial charge in [-0.15, -0.1) is 0 Å². The topological polar surface area (TPSA) is 237 Å². The van der Waals surface area contributed by atoms with E-state index >= 15 is 0 Å². The van der Waals surface area contributed by atoms with Crippen LogP contribution in [0, 0.1) is 23.7 Å². The molecule has 516 valence electrons. The Bertz CT molecular complexity index is 1730. The molecule has 0 bridgehead atoms. The fraction of sp³-hybridized carbons (Fsp3) is 0.941. The minimum Gasteiger partial charge on any atom is -0.462 e. The summed E-state index contributed by atoms with van der Waals surface area (Å²) in [6.45, 7) is 13.9. The van der Waals surface area contributed by atoms with Crippen LogP contribution in [0.4, 0.5) is 0 Å². The molecular formula is C68H132O17P2. The van der Waals surface area contributed by atoms with Crippen molar-refractivity contribution in [2.75, 3.05) is 39.6 Å². The quantitative estimate of drug-likeness (QED) is 0.0222. The normalized spacial score (nSPS) is 14.3. The van der Waals surface area contributed by atoms with Gasteiger partial charge < -0.3 is 33.8 Å². The number of carbonyl (C=O) groups is 4. The maximum absolute atomic E-state index is 13.0. The molecular weight excluding hydrogens is 1150 g/mol. The van der Waals surface area contributed by atoms with Gasteiger partial charge in [0.1, 0.15) is 19.3 Å². The molecule has 0 fully saturated rings. The van der Waals surface area contributed by atoms with Gasteiger partial charge in [0.2, 0.25) is 0 Å². The first-order chi connectivity index (χ1) is 41.6. The van der Waals surface area contributed by atoms with Crippen molar-refractivity contribution >= 4 is 39.5 Å². The molecule has 0 aromatic heterocycles. The highest BCUT2D eigenvalue weighted by Gasteiger charge is 2.30. The van der Waals surface area contributed by atoms with E-state index in [-0.39, 0.29) is 25.7 Å². The van der Waals surface area contributed by atoms with E-state index in [4.69, 9.17) is 37.0 Å². The summed E-state index contributed by atoms with van der Waals surface area (Å²) >= 11 is 0. The third kappa shape index (κ3) is 62.6. The van der Waals surface area contributed by atoms with Gasteiger partial charge in [0.25, 0.3) is 0 Å². The van der Waals surface area contributed by atoms with Gasteiger partial charge in [0.05, 0.1) is 26.4 Å². The Labute approximate surface area is 530 Å². The van der Waals surface area contributed by atoms with Crippen LogP contribution in [0.25, 0.3) is 0 Å². The third-order valence-electron chi connectivity index (χ3n) is 15.6. The van der Waals surface area contributed by atoms with Crippen LogP contribution < -0.4 is 0 Å². The fourth-order valence-electron chi connectivity index (χ4n) is 10.1. The van der Waals surface area contributed by atoms with Gasteiger partial charge in [-0.1, -0.05) is 280 Å². The molecule has 17 nitrogen and oxygen atoms in total. The largest absolute Gasteiger partial charge is 0.472 e. The van der Waals surface area contributed by atoms with Gasteiger partial charge in [0.15, 0.2) is 12.2 Å². The van der Waals surface area contributed by atoms with Crippen molar-refractivity contribution in [2.24, 2.45) is 23.7 Å². The number of unbranched alkanes of at least 4 members (excludes halogenated alkanes) is 31. The second kappa shape index (κ2) is 57.9. The summed E-state index contributed by atoms with van der Waals surface area (Å²) < 4.78 is 68.0. The molecule has 87 heavy (non-hydrogen) atoms. The van der Waals surface area contributed by atoms with Crippen molar-refractivity contribution in [3.8, 4) is 0 Å². The third-order valence-corrected chi connectivity index (χ3v) is 17.5. The van der Waals surface area contributed by atoms with E-state index in [0.29, 0.717) is 43.4 Å². The number of esters is 4. The number of carbonyl (C=O) groups excluding carboxylic acids is 4. The lowest BCUT2D eigenvalue weighted by Crippen LogP contribution is -2.30. The van der Waals surface area contributed by atoms with Crippen LogP contribution >= 0.6 is 15.6 Å². The van der Waals surface area contributed by atoms with Gasteiger partial charge in [-0.3, -0.25) is 37.3 Å². The lowest BCUT2D eigenvalue weighted by molar-refractivity contribution is -0.161. The molecule has 0 aliphatic rings. The minimum atomic E-state index is -4.95. The molecule has 0 rings (SSSR count). The SMILES string of the molecule is CC(C)CCCCCCCCCCCCCCCCCCC(=O)OC[C@H](COP(=O)(O)OC[C@@H](O)COP(=O)(O)OC[C@@H](COC(=O)CCCCCCCCC(C)C)OC(=O)CCCCCCCCCC(C)C)OC(=O)CCCCCCCCC(C)C. The number of ether oxygens (including phenoxy) is 4. The standard InChI is InChI=1S/C68H132O17P2/c1-58(2)44-36-28-20-17-15-13-11-9-10-12-14-16-18-22-32-40-48-65(70)78-54-64(85-68(73)51-43-35-27-25-31-39-47-61(7)8)57-83-87(76,77)81-53-62(69)52-80-86(74,75)82-56-63(55-79-66(71)49-41-33-26-24-30-38-46-60(5)6)84-67(72)50-42-34-23-19-21-29-37-45-59(3)4/h58-64,69H,9-57H2,1-8H3,(H,74,75)(H,76,77)/t62-,63+,64+/m0/s1. The fourth-order valence-corrected chi connectivity index (χ4v) is 11.7. The monoisotopic (exact) mass is 1280 g/mol. The van der Waals surface area contributed by atoms with Gasteiger partial charge in [-0.2, -0.15) is 0 Å². The van der Waals surface area contributed by atoms with Crippen molar-refractivity contribution < 1.29 is 80.2 Å². The Morgan fingerprint density at radius 1 is 0.287 bits per heavy atom. The first-order valence-electron chi connectivity index (χ1n) is 35.2. The molecule has 0 radical (unpaired) electrons. The number of phosphoric acid groups is 2. The highest BCUT2D eigenvalue weighted by atomic mass is 31.2. The maximum atomic E-state index is 13.0. The molecule has 2 unspecified atom stereocenters. The zero-order valence-electron chi connectivity index (χ0n) is 56.6. The summed E-state index contributed by atoms with van der Waals surface area (Å²) in [5.41, 5.74) is 0. The van der Waals surface area contributed by atoms with Crippen molar-refractivity contribution in [3.63, 3.8) is 0 Å². The molecule has 0 aromatic carbocycles. The average molecular weight is 1280 g/mol. The molecule has 0 saturated heterocycles. The van der Waals surface area contributed by atoms with Crippen LogP contribution in [-0.2, 0) is 65.4 Å². The summed E-state index contributed by atoms with van der Waals surface area (Å²) in [7, 11) is -9.89. The molecule has 0 spiro atoms. The molecule has 5 atom stereocenters. The number of aliphatic hydroxyl groups is 1. The molecule has 19 heteroatoms. The number of hydrogen-bond acceptors (Lipinski definition) is 15. The first-order valence-corrected chi connectivity index (χ1v) is 38.2. The molecule has 3 N–H and O–H groups in total. The number of aliphatic hydroxyl groups excluding tert-OH is 1. The Hall–Kier alpha value is -1.94. The van der Waals surface area contributed by atoms with E-state index < -0.39 is 97.5 Å². The molecule has 0 saturated carbocycles.